The molecule has 6 nitrogen and oxygen atoms in total. The predicted octanol–water partition coefficient (Wildman–Crippen LogP) is 1.37. The number of aryl methyl sites for hydroxylation is 1. The Morgan fingerprint density at radius 3 is 2.79 bits per heavy atom. The van der Waals surface area contributed by atoms with Crippen LogP contribution in [0, 0.1) is 5.92 Å². The molecule has 1 aliphatic rings. The number of sulfonamides is 1. The third-order valence-electron chi connectivity index (χ3n) is 3.39. The highest BCUT2D eigenvalue weighted by molar-refractivity contribution is 7.89. The number of carboxylic acids is 1. The van der Waals surface area contributed by atoms with Gasteiger partial charge in [0.2, 0.25) is 5.09 Å². The number of aliphatic carboxylic acids is 1. The summed E-state index contributed by atoms with van der Waals surface area (Å²) in [4.78, 5) is 11.0. The van der Waals surface area contributed by atoms with E-state index in [9.17, 15) is 13.2 Å². The van der Waals surface area contributed by atoms with Crippen LogP contribution in [0.5, 0.6) is 0 Å². The minimum Gasteiger partial charge on any atom is -0.481 e. The number of carboxylic acid groups (broad SMARTS) is 1. The van der Waals surface area contributed by atoms with E-state index < -0.39 is 28.0 Å². The summed E-state index contributed by atoms with van der Waals surface area (Å²) < 4.78 is 31.8. The first-order chi connectivity index (χ1) is 8.94. The Morgan fingerprint density at radius 2 is 2.21 bits per heavy atom. The molecule has 0 aliphatic heterocycles. The monoisotopic (exact) mass is 287 g/mol. The van der Waals surface area contributed by atoms with E-state index in [0.717, 1.165) is 0 Å². The Hall–Kier alpha value is -1.34. The molecule has 2 rings (SSSR count). The molecule has 0 saturated heterocycles. The SMILES string of the molecule is CCc1ccc(S(=O)(=O)N[C@@H]2CCC[C@H]2C(=O)O)o1. The maximum Gasteiger partial charge on any atom is 0.308 e. The van der Waals surface area contributed by atoms with Crippen molar-refractivity contribution in [3.63, 3.8) is 0 Å². The van der Waals surface area contributed by atoms with Crippen LogP contribution in [0.1, 0.15) is 31.9 Å². The summed E-state index contributed by atoms with van der Waals surface area (Å²) in [6.45, 7) is 1.86. The van der Waals surface area contributed by atoms with Crippen molar-refractivity contribution in [2.45, 2.75) is 43.7 Å². The standard InChI is InChI=1S/C12H17NO5S/c1-2-8-6-7-11(18-8)19(16,17)13-10-5-3-4-9(10)12(14)15/h6-7,9-10,13H,2-5H2,1H3,(H,14,15)/t9-,10-/m1/s1. The van der Waals surface area contributed by atoms with Crippen molar-refractivity contribution in [3.05, 3.63) is 17.9 Å². The Kier molecular flexibility index (Phi) is 3.96. The molecule has 0 amide bonds. The second-order valence-electron chi connectivity index (χ2n) is 4.68. The first kappa shape index (κ1) is 14.1. The first-order valence-electron chi connectivity index (χ1n) is 6.28. The molecule has 7 heteroatoms. The molecule has 0 radical (unpaired) electrons. The molecule has 2 atom stereocenters. The third-order valence-corrected chi connectivity index (χ3v) is 4.75. The van der Waals surface area contributed by atoms with E-state index in [-0.39, 0.29) is 5.09 Å². The number of rotatable bonds is 5. The van der Waals surface area contributed by atoms with Gasteiger partial charge in [0.25, 0.3) is 10.0 Å². The fourth-order valence-corrected chi connectivity index (χ4v) is 3.61. The van der Waals surface area contributed by atoms with Crippen LogP contribution in [0.25, 0.3) is 0 Å². The van der Waals surface area contributed by atoms with E-state index >= 15 is 0 Å². The van der Waals surface area contributed by atoms with E-state index in [2.05, 4.69) is 4.72 Å². The quantitative estimate of drug-likeness (QED) is 0.852. The van der Waals surface area contributed by atoms with E-state index in [1.807, 2.05) is 6.92 Å². The number of hydrogen-bond acceptors (Lipinski definition) is 4. The minimum absolute atomic E-state index is 0.152. The largest absolute Gasteiger partial charge is 0.481 e. The normalized spacial score (nSPS) is 23.6. The third kappa shape index (κ3) is 2.98. The Labute approximate surface area is 111 Å². The van der Waals surface area contributed by atoms with Gasteiger partial charge in [0.15, 0.2) is 0 Å². The van der Waals surface area contributed by atoms with Crippen LogP contribution >= 0.6 is 0 Å². The van der Waals surface area contributed by atoms with Gasteiger partial charge in [0.05, 0.1) is 5.92 Å². The zero-order chi connectivity index (χ0) is 14.0. The van der Waals surface area contributed by atoms with E-state index in [1.165, 1.54) is 6.07 Å². The minimum atomic E-state index is -3.78. The summed E-state index contributed by atoms with van der Waals surface area (Å²) in [5.41, 5.74) is 0. The molecule has 106 valence electrons. The lowest BCUT2D eigenvalue weighted by Gasteiger charge is -2.16. The van der Waals surface area contributed by atoms with Gasteiger partial charge in [0.1, 0.15) is 5.76 Å². The van der Waals surface area contributed by atoms with Crippen molar-refractivity contribution in [3.8, 4) is 0 Å². The number of furan rings is 1. The lowest BCUT2D eigenvalue weighted by Crippen LogP contribution is -2.39. The Bertz CT molecular complexity index is 562. The first-order valence-corrected chi connectivity index (χ1v) is 7.76. The average Bonchev–Trinajstić information content (AvgIpc) is 2.95. The maximum atomic E-state index is 12.1. The van der Waals surface area contributed by atoms with E-state index in [0.29, 0.717) is 31.4 Å². The molecular formula is C12H17NO5S. The van der Waals surface area contributed by atoms with Crippen LogP contribution in [-0.4, -0.2) is 25.5 Å². The second-order valence-corrected chi connectivity index (χ2v) is 6.32. The van der Waals surface area contributed by atoms with Gasteiger partial charge in [-0.1, -0.05) is 13.3 Å². The van der Waals surface area contributed by atoms with E-state index in [1.54, 1.807) is 6.07 Å². The zero-order valence-corrected chi connectivity index (χ0v) is 11.4. The molecular weight excluding hydrogens is 270 g/mol. The van der Waals surface area contributed by atoms with Crippen LogP contribution in [0.15, 0.2) is 21.6 Å². The molecule has 0 spiro atoms. The topological polar surface area (TPSA) is 96.6 Å². The van der Waals surface area contributed by atoms with Crippen molar-refractivity contribution < 1.29 is 22.7 Å². The summed E-state index contributed by atoms with van der Waals surface area (Å²) in [6, 6.07) is 2.45. The molecule has 2 N–H and O–H groups in total. The molecule has 1 saturated carbocycles. The summed E-state index contributed by atoms with van der Waals surface area (Å²) in [5, 5.41) is 8.88. The van der Waals surface area contributed by atoms with Crippen molar-refractivity contribution in [1.29, 1.82) is 0 Å². The molecule has 19 heavy (non-hydrogen) atoms. The Balaban J connectivity index is 2.15. The zero-order valence-electron chi connectivity index (χ0n) is 10.6. The highest BCUT2D eigenvalue weighted by Crippen LogP contribution is 2.27. The molecule has 0 bridgehead atoms. The highest BCUT2D eigenvalue weighted by Gasteiger charge is 2.36. The summed E-state index contributed by atoms with van der Waals surface area (Å²) >= 11 is 0. The Morgan fingerprint density at radius 1 is 1.47 bits per heavy atom. The van der Waals surface area contributed by atoms with Crippen molar-refractivity contribution in [1.82, 2.24) is 4.72 Å². The number of nitrogens with one attached hydrogen (secondary N) is 1. The van der Waals surface area contributed by atoms with Gasteiger partial charge in [0, 0.05) is 12.5 Å². The molecule has 1 aliphatic carbocycles. The van der Waals surface area contributed by atoms with E-state index in [4.69, 9.17) is 9.52 Å². The summed E-state index contributed by atoms with van der Waals surface area (Å²) in [7, 11) is -3.78. The van der Waals surface area contributed by atoms with Gasteiger partial charge in [-0.3, -0.25) is 4.79 Å². The fraction of sp³-hybridized carbons (Fsp3) is 0.583. The lowest BCUT2D eigenvalue weighted by molar-refractivity contribution is -0.141. The van der Waals surface area contributed by atoms with Gasteiger partial charge in [-0.05, 0) is 25.0 Å². The molecule has 1 fully saturated rings. The summed E-state index contributed by atoms with van der Waals surface area (Å²) in [6.07, 6.45) is 2.36. The smallest absolute Gasteiger partial charge is 0.308 e. The maximum absolute atomic E-state index is 12.1. The molecule has 0 unspecified atom stereocenters. The van der Waals surface area contributed by atoms with Gasteiger partial charge >= 0.3 is 5.97 Å². The molecule has 0 aromatic carbocycles. The predicted molar refractivity (Wildman–Crippen MR) is 67.2 cm³/mol. The van der Waals surface area contributed by atoms with Crippen LogP contribution < -0.4 is 4.72 Å². The van der Waals surface area contributed by atoms with Crippen LogP contribution in [0.2, 0.25) is 0 Å². The van der Waals surface area contributed by atoms with Gasteiger partial charge < -0.3 is 9.52 Å². The van der Waals surface area contributed by atoms with Crippen molar-refractivity contribution in [2.24, 2.45) is 5.92 Å². The highest BCUT2D eigenvalue weighted by atomic mass is 32.2. The lowest BCUT2D eigenvalue weighted by atomic mass is 10.1. The second kappa shape index (κ2) is 5.34. The fourth-order valence-electron chi connectivity index (χ4n) is 2.35. The summed E-state index contributed by atoms with van der Waals surface area (Å²) in [5.74, 6) is -1.03. The van der Waals surface area contributed by atoms with Crippen LogP contribution in [0.3, 0.4) is 0 Å². The van der Waals surface area contributed by atoms with Crippen molar-refractivity contribution in [2.75, 3.05) is 0 Å². The van der Waals surface area contributed by atoms with Crippen molar-refractivity contribution >= 4 is 16.0 Å². The van der Waals surface area contributed by atoms with Gasteiger partial charge in [-0.25, -0.2) is 13.1 Å². The molecule has 1 aromatic rings. The number of carbonyl (C=O) groups is 1. The molecule has 1 aromatic heterocycles. The van der Waals surface area contributed by atoms with Gasteiger partial charge in [-0.2, -0.15) is 0 Å². The average molecular weight is 287 g/mol. The van der Waals surface area contributed by atoms with Crippen LogP contribution in [-0.2, 0) is 21.2 Å². The molecule has 1 heterocycles. The number of hydrogen-bond donors (Lipinski definition) is 2. The van der Waals surface area contributed by atoms with Crippen LogP contribution in [0.4, 0.5) is 0 Å². The van der Waals surface area contributed by atoms with Gasteiger partial charge in [-0.15, -0.1) is 0 Å².